The Kier molecular flexibility index (Phi) is 5.22. The minimum atomic E-state index is 0.754. The van der Waals surface area contributed by atoms with E-state index in [1.54, 1.807) is 0 Å². The molecule has 0 bridgehead atoms. The van der Waals surface area contributed by atoms with Gasteiger partial charge >= 0.3 is 0 Å². The molecule has 0 saturated heterocycles. The Labute approximate surface area is 149 Å². The van der Waals surface area contributed by atoms with E-state index in [1.165, 1.54) is 16.8 Å². The molecule has 7 heteroatoms. The van der Waals surface area contributed by atoms with Crippen LogP contribution in [-0.4, -0.2) is 46.9 Å². The van der Waals surface area contributed by atoms with Crippen molar-refractivity contribution in [3.8, 4) is 0 Å². The number of hydrogen-bond donors (Lipinski definition) is 2. The zero-order chi connectivity index (χ0) is 18.0. The number of hydrogen-bond acceptors (Lipinski definition) is 6. The van der Waals surface area contributed by atoms with Gasteiger partial charge in [0.25, 0.3) is 0 Å². The minimum Gasteiger partial charge on any atom is -0.368 e. The Bertz CT molecular complexity index is 748. The molecule has 0 radical (unpaired) electrons. The third-order valence-electron chi connectivity index (χ3n) is 4.83. The van der Waals surface area contributed by atoms with Crippen LogP contribution in [-0.2, 0) is 25.9 Å². The quantitative estimate of drug-likeness (QED) is 0.831. The van der Waals surface area contributed by atoms with Crippen molar-refractivity contribution in [1.29, 1.82) is 0 Å². The van der Waals surface area contributed by atoms with Gasteiger partial charge in [0.05, 0.1) is 17.9 Å². The second-order valence-corrected chi connectivity index (χ2v) is 6.77. The van der Waals surface area contributed by atoms with Crippen LogP contribution in [0.15, 0.2) is 0 Å². The summed E-state index contributed by atoms with van der Waals surface area (Å²) in [4.78, 5) is 11.4. The maximum Gasteiger partial charge on any atom is 0.227 e. The Balaban J connectivity index is 1.76. The van der Waals surface area contributed by atoms with Crippen molar-refractivity contribution in [3.05, 3.63) is 28.2 Å². The standard InChI is InChI=1S/C18H29N7/c1-6-14-12(2)23-25(13(14)3)10-9-20-17-15-7-8-19-11-16(15)21-18(22-17)24(4)5/h19H,6-11H2,1-5H3,(H,20,21,22). The van der Waals surface area contributed by atoms with Crippen LogP contribution in [0, 0.1) is 13.8 Å². The Hall–Kier alpha value is -2.15. The average Bonchev–Trinajstić information content (AvgIpc) is 2.87. The van der Waals surface area contributed by atoms with E-state index in [-0.39, 0.29) is 0 Å². The van der Waals surface area contributed by atoms with E-state index >= 15 is 0 Å². The van der Waals surface area contributed by atoms with Crippen molar-refractivity contribution < 1.29 is 0 Å². The topological polar surface area (TPSA) is 70.9 Å². The van der Waals surface area contributed by atoms with Gasteiger partial charge in [0.15, 0.2) is 0 Å². The van der Waals surface area contributed by atoms with Crippen molar-refractivity contribution in [2.75, 3.05) is 37.4 Å². The molecule has 1 aliphatic rings. The van der Waals surface area contributed by atoms with E-state index < -0.39 is 0 Å². The van der Waals surface area contributed by atoms with E-state index in [0.717, 1.165) is 62.2 Å². The van der Waals surface area contributed by atoms with Gasteiger partial charge < -0.3 is 15.5 Å². The summed E-state index contributed by atoms with van der Waals surface area (Å²) >= 11 is 0. The number of rotatable bonds is 6. The highest BCUT2D eigenvalue weighted by molar-refractivity contribution is 5.52. The molecule has 2 N–H and O–H groups in total. The lowest BCUT2D eigenvalue weighted by Gasteiger charge is -2.22. The van der Waals surface area contributed by atoms with Crippen molar-refractivity contribution >= 4 is 11.8 Å². The summed E-state index contributed by atoms with van der Waals surface area (Å²) in [7, 11) is 3.95. The smallest absolute Gasteiger partial charge is 0.227 e. The fourth-order valence-corrected chi connectivity index (χ4v) is 3.44. The fraction of sp³-hybridized carbons (Fsp3) is 0.611. The summed E-state index contributed by atoms with van der Waals surface area (Å²) in [5, 5.41) is 11.6. The predicted molar refractivity (Wildman–Crippen MR) is 101 cm³/mol. The molecule has 0 aromatic carbocycles. The highest BCUT2D eigenvalue weighted by Gasteiger charge is 2.18. The second-order valence-electron chi connectivity index (χ2n) is 6.77. The van der Waals surface area contributed by atoms with Gasteiger partial charge in [-0.25, -0.2) is 4.98 Å². The molecule has 1 aliphatic heterocycles. The molecule has 0 amide bonds. The van der Waals surface area contributed by atoms with Gasteiger partial charge in [0.1, 0.15) is 5.82 Å². The lowest BCUT2D eigenvalue weighted by Crippen LogP contribution is -2.28. The molecule has 2 aromatic rings. The van der Waals surface area contributed by atoms with Crippen molar-refractivity contribution in [2.24, 2.45) is 0 Å². The summed E-state index contributed by atoms with van der Waals surface area (Å²) in [6, 6.07) is 0. The van der Waals surface area contributed by atoms with Crippen molar-refractivity contribution in [2.45, 2.75) is 46.7 Å². The molecule has 136 valence electrons. The monoisotopic (exact) mass is 343 g/mol. The van der Waals surface area contributed by atoms with Gasteiger partial charge in [-0.3, -0.25) is 4.68 Å². The Morgan fingerprint density at radius 1 is 1.24 bits per heavy atom. The highest BCUT2D eigenvalue weighted by atomic mass is 15.3. The number of nitrogens with zero attached hydrogens (tertiary/aromatic N) is 5. The van der Waals surface area contributed by atoms with E-state index in [9.17, 15) is 0 Å². The van der Waals surface area contributed by atoms with Crippen LogP contribution in [0.2, 0.25) is 0 Å². The van der Waals surface area contributed by atoms with Gasteiger partial charge in [-0.15, -0.1) is 0 Å². The zero-order valence-corrected chi connectivity index (χ0v) is 16.0. The lowest BCUT2D eigenvalue weighted by atomic mass is 10.1. The predicted octanol–water partition coefficient (Wildman–Crippen LogP) is 1.68. The largest absolute Gasteiger partial charge is 0.368 e. The lowest BCUT2D eigenvalue weighted by molar-refractivity contribution is 0.607. The number of aryl methyl sites for hydroxylation is 1. The van der Waals surface area contributed by atoms with Crippen LogP contribution in [0.1, 0.15) is 35.1 Å². The summed E-state index contributed by atoms with van der Waals surface area (Å²) in [5.74, 6) is 1.72. The van der Waals surface area contributed by atoms with Gasteiger partial charge in [-0.1, -0.05) is 6.92 Å². The second kappa shape index (κ2) is 7.39. The fourth-order valence-electron chi connectivity index (χ4n) is 3.44. The molecule has 25 heavy (non-hydrogen) atoms. The SMILES string of the molecule is CCc1c(C)nn(CCNc2nc(N(C)C)nc3c2CCNC3)c1C. The summed E-state index contributed by atoms with van der Waals surface area (Å²) in [6.07, 6.45) is 2.00. The normalized spacial score (nSPS) is 13.6. The van der Waals surface area contributed by atoms with E-state index in [1.807, 2.05) is 19.0 Å². The number of anilines is 2. The first kappa shape index (κ1) is 17.7. The first-order valence-corrected chi connectivity index (χ1v) is 9.05. The van der Waals surface area contributed by atoms with Crippen molar-refractivity contribution in [1.82, 2.24) is 25.1 Å². The summed E-state index contributed by atoms with van der Waals surface area (Å²) in [5.41, 5.74) is 6.12. The van der Waals surface area contributed by atoms with Crippen LogP contribution in [0.4, 0.5) is 11.8 Å². The molecule has 0 spiro atoms. The average molecular weight is 343 g/mol. The van der Waals surface area contributed by atoms with Crippen LogP contribution in [0.25, 0.3) is 0 Å². The highest BCUT2D eigenvalue weighted by Crippen LogP contribution is 2.23. The minimum absolute atomic E-state index is 0.754. The first-order valence-electron chi connectivity index (χ1n) is 9.05. The Morgan fingerprint density at radius 2 is 2.04 bits per heavy atom. The van der Waals surface area contributed by atoms with Gasteiger partial charge in [-0.05, 0) is 38.8 Å². The molecule has 2 aromatic heterocycles. The zero-order valence-electron chi connectivity index (χ0n) is 16.0. The summed E-state index contributed by atoms with van der Waals surface area (Å²) < 4.78 is 2.10. The Morgan fingerprint density at radius 3 is 2.72 bits per heavy atom. The maximum absolute atomic E-state index is 4.72. The number of aromatic nitrogens is 4. The number of fused-ring (bicyclic) bond motifs is 1. The molecule has 3 rings (SSSR count). The van der Waals surface area contributed by atoms with Gasteiger partial charge in [0.2, 0.25) is 5.95 Å². The first-order chi connectivity index (χ1) is 12.0. The van der Waals surface area contributed by atoms with Crippen LogP contribution in [0.5, 0.6) is 0 Å². The molecule has 0 atom stereocenters. The van der Waals surface area contributed by atoms with Gasteiger partial charge in [-0.2, -0.15) is 10.1 Å². The molecule has 7 nitrogen and oxygen atoms in total. The van der Waals surface area contributed by atoms with Crippen LogP contribution >= 0.6 is 0 Å². The molecule has 0 unspecified atom stereocenters. The van der Waals surface area contributed by atoms with E-state index in [4.69, 9.17) is 4.98 Å². The summed E-state index contributed by atoms with van der Waals surface area (Å²) in [6.45, 7) is 9.85. The maximum atomic E-state index is 4.72. The van der Waals surface area contributed by atoms with Crippen LogP contribution < -0.4 is 15.5 Å². The van der Waals surface area contributed by atoms with Crippen molar-refractivity contribution in [3.63, 3.8) is 0 Å². The van der Waals surface area contributed by atoms with E-state index in [0.29, 0.717) is 0 Å². The molecular weight excluding hydrogens is 314 g/mol. The molecular formula is C18H29N7. The molecule has 0 saturated carbocycles. The third-order valence-corrected chi connectivity index (χ3v) is 4.83. The molecule has 0 fully saturated rings. The number of nitrogens with one attached hydrogen (secondary N) is 2. The van der Waals surface area contributed by atoms with E-state index in [2.05, 4.69) is 46.2 Å². The molecule has 3 heterocycles. The van der Waals surface area contributed by atoms with Crippen LogP contribution in [0.3, 0.4) is 0 Å². The van der Waals surface area contributed by atoms with Gasteiger partial charge in [0, 0.05) is 38.4 Å². The molecule has 0 aliphatic carbocycles. The third kappa shape index (κ3) is 3.61.